The van der Waals surface area contributed by atoms with Crippen LogP contribution in [0.1, 0.15) is 61.9 Å². The van der Waals surface area contributed by atoms with Gasteiger partial charge in [0.15, 0.2) is 5.69 Å². The Balaban J connectivity index is 2.14. The van der Waals surface area contributed by atoms with Crippen molar-refractivity contribution < 1.29 is 28.6 Å². The molecule has 1 aliphatic heterocycles. The second-order valence-corrected chi connectivity index (χ2v) is 7.61. The number of ether oxygens (including phenoxy) is 3. The summed E-state index contributed by atoms with van der Waals surface area (Å²) in [5.41, 5.74) is 0.0849. The number of carbonyl (C=O) groups excluding carboxylic acids is 3. The van der Waals surface area contributed by atoms with E-state index < -0.39 is 23.6 Å². The lowest BCUT2D eigenvalue weighted by atomic mass is 10.1. The van der Waals surface area contributed by atoms with Crippen LogP contribution in [0.5, 0.6) is 0 Å². The van der Waals surface area contributed by atoms with Gasteiger partial charge in [-0.25, -0.2) is 19.4 Å². The van der Waals surface area contributed by atoms with Gasteiger partial charge in [-0.15, -0.1) is 0 Å². The van der Waals surface area contributed by atoms with Crippen molar-refractivity contribution in [2.24, 2.45) is 0 Å². The molecule has 0 radical (unpaired) electrons. The Kier molecular flexibility index (Phi) is 7.41. The highest BCUT2D eigenvalue weighted by molar-refractivity contribution is 6.02. The number of anilines is 1. The molecule has 2 heterocycles. The highest BCUT2D eigenvalue weighted by atomic mass is 16.6. The summed E-state index contributed by atoms with van der Waals surface area (Å²) in [6, 6.07) is 1.48. The molecule has 1 aromatic rings. The third-order valence-electron chi connectivity index (χ3n) is 4.11. The largest absolute Gasteiger partial charge is 0.462 e. The van der Waals surface area contributed by atoms with Gasteiger partial charge in [-0.3, -0.25) is 0 Å². The molecule has 1 unspecified atom stereocenters. The molecule has 0 bridgehead atoms. The number of hydrogen-bond acceptors (Lipinski definition) is 8. The number of nitrogens with one attached hydrogen (secondary N) is 1. The Morgan fingerprint density at radius 3 is 2.45 bits per heavy atom. The van der Waals surface area contributed by atoms with Crippen LogP contribution >= 0.6 is 0 Å². The van der Waals surface area contributed by atoms with E-state index in [1.54, 1.807) is 40.7 Å². The summed E-state index contributed by atoms with van der Waals surface area (Å²) in [5.74, 6) is -1.31. The van der Waals surface area contributed by atoms with Gasteiger partial charge in [-0.05, 0) is 47.1 Å². The van der Waals surface area contributed by atoms with E-state index in [-0.39, 0.29) is 30.5 Å². The molecule has 29 heavy (non-hydrogen) atoms. The summed E-state index contributed by atoms with van der Waals surface area (Å²) in [6.45, 7) is 10.3. The molecular formula is C20H29N3O6. The number of rotatable bonds is 6. The molecule has 1 N–H and O–H groups in total. The van der Waals surface area contributed by atoms with Gasteiger partial charge >= 0.3 is 18.0 Å². The maximum atomic E-state index is 12.3. The molecule has 0 aliphatic carbocycles. The lowest BCUT2D eigenvalue weighted by Crippen LogP contribution is -2.40. The Hall–Kier alpha value is -2.84. The van der Waals surface area contributed by atoms with Crippen LogP contribution in [0, 0.1) is 0 Å². The fraction of sp³-hybridized carbons (Fsp3) is 0.600. The molecule has 1 fully saturated rings. The van der Waals surface area contributed by atoms with Crippen molar-refractivity contribution in [3.63, 3.8) is 0 Å². The summed E-state index contributed by atoms with van der Waals surface area (Å²) in [6.07, 6.45) is 1.77. The minimum Gasteiger partial charge on any atom is -0.462 e. The molecule has 0 aromatic carbocycles. The van der Waals surface area contributed by atoms with E-state index in [2.05, 4.69) is 10.3 Å². The highest BCUT2D eigenvalue weighted by Crippen LogP contribution is 2.23. The fourth-order valence-electron chi connectivity index (χ4n) is 2.94. The van der Waals surface area contributed by atoms with Crippen LogP contribution in [0.3, 0.4) is 0 Å². The van der Waals surface area contributed by atoms with Crippen molar-refractivity contribution in [3.05, 3.63) is 23.5 Å². The second-order valence-electron chi connectivity index (χ2n) is 7.61. The predicted octanol–water partition coefficient (Wildman–Crippen LogP) is 2.54. The average Bonchev–Trinajstić information content (AvgIpc) is 3.08. The second kappa shape index (κ2) is 9.58. The molecule has 2 rings (SSSR count). The number of pyridine rings is 1. The van der Waals surface area contributed by atoms with E-state index in [1.807, 2.05) is 4.90 Å². The van der Waals surface area contributed by atoms with Crippen LogP contribution < -0.4 is 10.2 Å². The van der Waals surface area contributed by atoms with E-state index in [9.17, 15) is 14.4 Å². The van der Waals surface area contributed by atoms with Gasteiger partial charge in [0.05, 0.1) is 36.7 Å². The molecule has 1 aliphatic rings. The molecular weight excluding hydrogens is 378 g/mol. The lowest BCUT2D eigenvalue weighted by Gasteiger charge is -2.22. The zero-order valence-corrected chi connectivity index (χ0v) is 17.6. The van der Waals surface area contributed by atoms with Crippen molar-refractivity contribution in [3.8, 4) is 0 Å². The predicted molar refractivity (Wildman–Crippen MR) is 106 cm³/mol. The number of hydrogen-bond donors (Lipinski definition) is 1. The third kappa shape index (κ3) is 6.33. The van der Waals surface area contributed by atoms with Crippen molar-refractivity contribution >= 4 is 23.7 Å². The summed E-state index contributed by atoms with van der Waals surface area (Å²) < 4.78 is 15.3. The van der Waals surface area contributed by atoms with Crippen molar-refractivity contribution in [2.45, 2.75) is 52.7 Å². The standard InChI is InChI=1S/C20H29N3O6/c1-6-27-17(24)15-10-14(11-21-16(15)18(25)28-7-2)23-9-8-13(12-23)22-19(26)29-20(3,4)5/h10-11,13H,6-9,12H2,1-5H3,(H,22,26). The fourth-order valence-corrected chi connectivity index (χ4v) is 2.94. The Morgan fingerprint density at radius 2 is 1.83 bits per heavy atom. The van der Waals surface area contributed by atoms with Gasteiger partial charge in [-0.1, -0.05) is 0 Å². The van der Waals surface area contributed by atoms with Crippen molar-refractivity contribution in [2.75, 3.05) is 31.2 Å². The van der Waals surface area contributed by atoms with E-state index in [4.69, 9.17) is 14.2 Å². The molecule has 0 spiro atoms. The van der Waals surface area contributed by atoms with Crippen LogP contribution in [-0.4, -0.2) is 61.0 Å². The van der Waals surface area contributed by atoms with Gasteiger partial charge in [0.1, 0.15) is 5.60 Å². The Morgan fingerprint density at radius 1 is 1.17 bits per heavy atom. The number of nitrogens with zero attached hydrogens (tertiary/aromatic N) is 2. The first-order valence-corrected chi connectivity index (χ1v) is 9.73. The monoisotopic (exact) mass is 407 g/mol. The van der Waals surface area contributed by atoms with Crippen molar-refractivity contribution in [1.82, 2.24) is 10.3 Å². The van der Waals surface area contributed by atoms with E-state index >= 15 is 0 Å². The smallest absolute Gasteiger partial charge is 0.407 e. The summed E-state index contributed by atoms with van der Waals surface area (Å²) in [7, 11) is 0. The topological polar surface area (TPSA) is 107 Å². The molecule has 9 heteroatoms. The van der Waals surface area contributed by atoms with Crippen LogP contribution in [-0.2, 0) is 14.2 Å². The molecule has 1 saturated heterocycles. The molecule has 1 atom stereocenters. The van der Waals surface area contributed by atoms with Crippen LogP contribution in [0.15, 0.2) is 12.3 Å². The first-order chi connectivity index (χ1) is 13.6. The molecule has 0 saturated carbocycles. The zero-order chi connectivity index (χ0) is 21.6. The van der Waals surface area contributed by atoms with Gasteiger partial charge < -0.3 is 24.4 Å². The Labute approximate surface area is 170 Å². The minimum atomic E-state index is -0.673. The lowest BCUT2D eigenvalue weighted by molar-refractivity contribution is 0.0473. The summed E-state index contributed by atoms with van der Waals surface area (Å²) in [4.78, 5) is 42.6. The van der Waals surface area contributed by atoms with E-state index in [1.165, 1.54) is 6.20 Å². The first kappa shape index (κ1) is 22.4. The third-order valence-corrected chi connectivity index (χ3v) is 4.11. The van der Waals surface area contributed by atoms with Crippen LogP contribution in [0.2, 0.25) is 0 Å². The SMILES string of the molecule is CCOC(=O)c1cc(N2CCC(NC(=O)OC(C)(C)C)C2)cnc1C(=O)OCC. The number of aromatic nitrogens is 1. The normalized spacial score (nSPS) is 16.3. The molecule has 1 amide bonds. The van der Waals surface area contributed by atoms with Crippen LogP contribution in [0.25, 0.3) is 0 Å². The summed E-state index contributed by atoms with van der Waals surface area (Å²) in [5, 5.41) is 2.85. The van der Waals surface area contributed by atoms with Gasteiger partial charge in [0.25, 0.3) is 0 Å². The van der Waals surface area contributed by atoms with Crippen molar-refractivity contribution in [1.29, 1.82) is 0 Å². The Bertz CT molecular complexity index is 759. The van der Waals surface area contributed by atoms with Gasteiger partial charge in [-0.2, -0.15) is 0 Å². The van der Waals surface area contributed by atoms with Gasteiger partial charge in [0.2, 0.25) is 0 Å². The maximum absolute atomic E-state index is 12.3. The zero-order valence-electron chi connectivity index (χ0n) is 17.6. The number of alkyl carbamates (subject to hydrolysis) is 1. The van der Waals surface area contributed by atoms with E-state index in [0.29, 0.717) is 25.2 Å². The quantitative estimate of drug-likeness (QED) is 0.566. The molecule has 9 nitrogen and oxygen atoms in total. The average molecular weight is 407 g/mol. The number of esters is 2. The summed E-state index contributed by atoms with van der Waals surface area (Å²) >= 11 is 0. The highest BCUT2D eigenvalue weighted by Gasteiger charge is 2.28. The molecule has 1 aromatic heterocycles. The number of amides is 1. The van der Waals surface area contributed by atoms with Gasteiger partial charge in [0, 0.05) is 13.1 Å². The van der Waals surface area contributed by atoms with Crippen LogP contribution in [0.4, 0.5) is 10.5 Å². The first-order valence-electron chi connectivity index (χ1n) is 9.73. The number of carbonyl (C=O) groups is 3. The molecule has 160 valence electrons. The minimum absolute atomic E-state index is 0.0614. The maximum Gasteiger partial charge on any atom is 0.407 e. The van der Waals surface area contributed by atoms with E-state index in [0.717, 1.165) is 0 Å².